The fourth-order valence-electron chi connectivity index (χ4n) is 1.61. The zero-order valence-corrected chi connectivity index (χ0v) is 14.0. The van der Waals surface area contributed by atoms with E-state index in [0.29, 0.717) is 12.8 Å². The van der Waals surface area contributed by atoms with Crippen molar-refractivity contribution in [2.45, 2.75) is 78.1 Å². The summed E-state index contributed by atoms with van der Waals surface area (Å²) < 4.78 is 10.2. The van der Waals surface area contributed by atoms with Gasteiger partial charge in [-0.1, -0.05) is 0 Å². The Balaban J connectivity index is 3.86. The van der Waals surface area contributed by atoms with Crippen molar-refractivity contribution in [3.8, 4) is 0 Å². The van der Waals surface area contributed by atoms with E-state index >= 15 is 0 Å². The molecule has 0 saturated carbocycles. The van der Waals surface area contributed by atoms with Gasteiger partial charge >= 0.3 is 12.1 Å². The number of ether oxygens (including phenoxy) is 2. The molecule has 0 aromatic heterocycles. The summed E-state index contributed by atoms with van der Waals surface area (Å²) in [6.45, 7) is 10.3. The van der Waals surface area contributed by atoms with Crippen molar-refractivity contribution >= 4 is 12.1 Å². The first-order valence-corrected chi connectivity index (χ1v) is 7.28. The lowest BCUT2D eigenvalue weighted by atomic mass is 10.0. The zero-order chi connectivity index (χ0) is 16.7. The van der Waals surface area contributed by atoms with Crippen LogP contribution in [-0.4, -0.2) is 41.0 Å². The number of aliphatic hydroxyl groups is 1. The van der Waals surface area contributed by atoms with Gasteiger partial charge < -0.3 is 19.9 Å². The molecule has 0 aliphatic heterocycles. The summed E-state index contributed by atoms with van der Waals surface area (Å²) in [5.74, 6) is -0.503. The first kappa shape index (κ1) is 19.7. The molecule has 0 aromatic rings. The standard InChI is InChI=1S/C15H29NO5/c1-11(8-7-9-15(5,6)19)20-12(17)10-16-13(18)21-14(2,3)4/h11,19H,7-10H2,1-6H3,(H,16,18). The molecule has 0 radical (unpaired) electrons. The van der Waals surface area contributed by atoms with Gasteiger partial charge in [0.2, 0.25) is 0 Å². The molecule has 0 heterocycles. The Hall–Kier alpha value is -1.30. The molecule has 2 N–H and O–H groups in total. The lowest BCUT2D eigenvalue weighted by Crippen LogP contribution is -2.36. The predicted octanol–water partition coefficient (Wildman–Crippen LogP) is 2.38. The molecule has 0 saturated heterocycles. The fourth-order valence-corrected chi connectivity index (χ4v) is 1.61. The molecule has 0 bridgehead atoms. The summed E-state index contributed by atoms with van der Waals surface area (Å²) in [6, 6.07) is 0. The Labute approximate surface area is 127 Å². The first-order chi connectivity index (χ1) is 9.39. The van der Waals surface area contributed by atoms with Crippen molar-refractivity contribution in [1.29, 1.82) is 0 Å². The number of rotatable bonds is 7. The van der Waals surface area contributed by atoms with E-state index in [1.54, 1.807) is 41.5 Å². The lowest BCUT2D eigenvalue weighted by molar-refractivity contribution is -0.147. The smallest absolute Gasteiger partial charge is 0.408 e. The van der Waals surface area contributed by atoms with Crippen molar-refractivity contribution in [3.05, 3.63) is 0 Å². The van der Waals surface area contributed by atoms with E-state index in [4.69, 9.17) is 9.47 Å². The van der Waals surface area contributed by atoms with Crippen molar-refractivity contribution in [2.75, 3.05) is 6.54 Å². The largest absolute Gasteiger partial charge is 0.461 e. The molecule has 1 amide bonds. The van der Waals surface area contributed by atoms with Crippen LogP contribution in [0.5, 0.6) is 0 Å². The van der Waals surface area contributed by atoms with E-state index in [9.17, 15) is 14.7 Å². The predicted molar refractivity (Wildman–Crippen MR) is 79.9 cm³/mol. The Morgan fingerprint density at radius 2 is 1.76 bits per heavy atom. The maximum absolute atomic E-state index is 11.5. The molecular weight excluding hydrogens is 274 g/mol. The Kier molecular flexibility index (Phi) is 7.71. The first-order valence-electron chi connectivity index (χ1n) is 7.28. The third kappa shape index (κ3) is 13.4. The van der Waals surface area contributed by atoms with Crippen LogP contribution in [0.4, 0.5) is 4.79 Å². The molecule has 6 heteroatoms. The van der Waals surface area contributed by atoms with Gasteiger partial charge in [0.1, 0.15) is 12.1 Å². The minimum atomic E-state index is -0.706. The van der Waals surface area contributed by atoms with Gasteiger partial charge in [0.15, 0.2) is 0 Å². The van der Waals surface area contributed by atoms with Gasteiger partial charge in [-0.2, -0.15) is 0 Å². The maximum atomic E-state index is 11.5. The number of nitrogens with one attached hydrogen (secondary N) is 1. The van der Waals surface area contributed by atoms with Gasteiger partial charge in [-0.05, 0) is 60.8 Å². The molecule has 1 unspecified atom stereocenters. The van der Waals surface area contributed by atoms with Crippen LogP contribution in [0, 0.1) is 0 Å². The molecule has 6 nitrogen and oxygen atoms in total. The average molecular weight is 303 g/mol. The highest BCUT2D eigenvalue weighted by Gasteiger charge is 2.18. The third-order valence-corrected chi connectivity index (χ3v) is 2.51. The molecule has 124 valence electrons. The van der Waals surface area contributed by atoms with Gasteiger partial charge in [0, 0.05) is 0 Å². The number of alkyl carbamates (subject to hydrolysis) is 1. The summed E-state index contributed by atoms with van der Waals surface area (Å²) in [7, 11) is 0. The molecule has 0 spiro atoms. The summed E-state index contributed by atoms with van der Waals surface area (Å²) in [4.78, 5) is 22.9. The Morgan fingerprint density at radius 1 is 1.19 bits per heavy atom. The second-order valence-electron chi connectivity index (χ2n) is 6.86. The van der Waals surface area contributed by atoms with Crippen molar-refractivity contribution < 1.29 is 24.2 Å². The lowest BCUT2D eigenvalue weighted by Gasteiger charge is -2.20. The fraction of sp³-hybridized carbons (Fsp3) is 0.867. The number of hydrogen-bond acceptors (Lipinski definition) is 5. The number of amides is 1. The second kappa shape index (κ2) is 8.22. The topological polar surface area (TPSA) is 84.9 Å². The summed E-state index contributed by atoms with van der Waals surface area (Å²) in [5, 5.41) is 11.9. The van der Waals surface area contributed by atoms with Gasteiger partial charge in [0.05, 0.1) is 11.7 Å². The highest BCUT2D eigenvalue weighted by molar-refractivity contribution is 5.78. The van der Waals surface area contributed by atoms with E-state index in [2.05, 4.69) is 5.32 Å². The number of esters is 1. The molecule has 21 heavy (non-hydrogen) atoms. The third-order valence-electron chi connectivity index (χ3n) is 2.51. The summed E-state index contributed by atoms with van der Waals surface area (Å²) in [5.41, 5.74) is -1.31. The SMILES string of the molecule is CC(CCCC(C)(C)O)OC(=O)CNC(=O)OC(C)(C)C. The molecule has 0 aromatic carbocycles. The van der Waals surface area contributed by atoms with Crippen molar-refractivity contribution in [3.63, 3.8) is 0 Å². The monoisotopic (exact) mass is 303 g/mol. The van der Waals surface area contributed by atoms with Crippen LogP contribution >= 0.6 is 0 Å². The quantitative estimate of drug-likeness (QED) is 0.705. The van der Waals surface area contributed by atoms with Crippen LogP contribution in [0.15, 0.2) is 0 Å². The average Bonchev–Trinajstić information content (AvgIpc) is 2.22. The van der Waals surface area contributed by atoms with Crippen molar-refractivity contribution in [2.24, 2.45) is 0 Å². The number of hydrogen-bond donors (Lipinski definition) is 2. The normalized spacial score (nSPS) is 13.5. The molecule has 0 fully saturated rings. The summed E-state index contributed by atoms with van der Waals surface area (Å²) in [6.07, 6.45) is 1.18. The highest BCUT2D eigenvalue weighted by Crippen LogP contribution is 2.14. The number of carbonyl (C=O) groups excluding carboxylic acids is 2. The maximum Gasteiger partial charge on any atom is 0.408 e. The minimum Gasteiger partial charge on any atom is -0.461 e. The summed E-state index contributed by atoms with van der Waals surface area (Å²) >= 11 is 0. The van der Waals surface area contributed by atoms with E-state index in [1.165, 1.54) is 0 Å². The van der Waals surface area contributed by atoms with Gasteiger partial charge in [-0.25, -0.2) is 4.79 Å². The second-order valence-corrected chi connectivity index (χ2v) is 6.86. The molecule has 0 rings (SSSR count). The van der Waals surface area contributed by atoms with E-state index in [0.717, 1.165) is 6.42 Å². The van der Waals surface area contributed by atoms with E-state index in [1.807, 2.05) is 0 Å². The molecular formula is C15H29NO5. The van der Waals surface area contributed by atoms with E-state index in [-0.39, 0.29) is 12.6 Å². The van der Waals surface area contributed by atoms with Crippen LogP contribution in [0.3, 0.4) is 0 Å². The van der Waals surface area contributed by atoms with Crippen LogP contribution in [0.2, 0.25) is 0 Å². The Bertz CT molecular complexity index is 341. The van der Waals surface area contributed by atoms with Gasteiger partial charge in [-0.3, -0.25) is 4.79 Å². The molecule has 1 atom stereocenters. The van der Waals surface area contributed by atoms with Crippen LogP contribution in [0.25, 0.3) is 0 Å². The zero-order valence-electron chi connectivity index (χ0n) is 14.0. The van der Waals surface area contributed by atoms with Gasteiger partial charge in [0.25, 0.3) is 0 Å². The Morgan fingerprint density at radius 3 is 2.24 bits per heavy atom. The van der Waals surface area contributed by atoms with Crippen LogP contribution < -0.4 is 5.32 Å². The van der Waals surface area contributed by atoms with Crippen LogP contribution in [0.1, 0.15) is 60.8 Å². The van der Waals surface area contributed by atoms with Crippen molar-refractivity contribution in [1.82, 2.24) is 5.32 Å². The van der Waals surface area contributed by atoms with Crippen LogP contribution in [-0.2, 0) is 14.3 Å². The number of carbonyl (C=O) groups is 2. The van der Waals surface area contributed by atoms with E-state index < -0.39 is 23.3 Å². The minimum absolute atomic E-state index is 0.218. The van der Waals surface area contributed by atoms with Gasteiger partial charge in [-0.15, -0.1) is 0 Å². The highest BCUT2D eigenvalue weighted by atomic mass is 16.6. The molecule has 0 aliphatic rings. The molecule has 0 aliphatic carbocycles.